The van der Waals surface area contributed by atoms with E-state index < -0.39 is 52.4 Å². The maximum Gasteiger partial charge on any atom is 0.508 e. The van der Waals surface area contributed by atoms with Crippen LogP contribution < -0.4 is 0 Å². The molecule has 0 unspecified atom stereocenters. The molecule has 0 aromatic rings. The van der Waals surface area contributed by atoms with Gasteiger partial charge in [0.05, 0.1) is 18.3 Å². The monoisotopic (exact) mass is 598 g/mol. The Balaban J connectivity index is 3.76. The Labute approximate surface area is 246 Å². The van der Waals surface area contributed by atoms with Crippen LogP contribution in [-0.4, -0.2) is 66.2 Å². The van der Waals surface area contributed by atoms with E-state index in [2.05, 4.69) is 81.1 Å². The lowest BCUT2D eigenvalue weighted by Gasteiger charge is -2.46. The third kappa shape index (κ3) is 9.12. The van der Waals surface area contributed by atoms with Crippen LogP contribution in [0.15, 0.2) is 24.8 Å². The molecule has 1 fully saturated rings. The van der Waals surface area contributed by atoms with Crippen LogP contribution in [-0.2, 0) is 27.9 Å². The summed E-state index contributed by atoms with van der Waals surface area (Å²) in [6.07, 6.45) is 4.80. The van der Waals surface area contributed by atoms with Crippen molar-refractivity contribution in [1.82, 2.24) is 0 Å². The van der Waals surface area contributed by atoms with Gasteiger partial charge in [-0.25, -0.2) is 4.79 Å². The SMILES string of the molecule is C=CCOC(=O)OC[C@@H]([C@H](O[Si](CC)(CC)CC)[C@@H](C)C=O)[C@H](O[Si](C)(C)C(C)(C)C)[C@]1(C)O[C@@H]1[C@@H](C)/C=C\C. The average molecular weight is 599 g/mol. The number of carbonyl (C=O) groups excluding carboxylic acids is 2. The quantitative estimate of drug-likeness (QED) is 0.0521. The molecule has 0 amide bonds. The number of ether oxygens (including phenoxy) is 3. The van der Waals surface area contributed by atoms with E-state index in [4.69, 9.17) is 23.1 Å². The predicted octanol–water partition coefficient (Wildman–Crippen LogP) is 7.93. The lowest BCUT2D eigenvalue weighted by Crippen LogP contribution is -2.57. The Morgan fingerprint density at radius 3 is 2.10 bits per heavy atom. The van der Waals surface area contributed by atoms with E-state index in [0.29, 0.717) is 0 Å². The van der Waals surface area contributed by atoms with Crippen LogP contribution in [0.5, 0.6) is 0 Å². The summed E-state index contributed by atoms with van der Waals surface area (Å²) < 4.78 is 31.7. The minimum absolute atomic E-state index is 0.0105. The first-order chi connectivity index (χ1) is 18.5. The second kappa shape index (κ2) is 15.3. The zero-order chi connectivity index (χ0) is 30.9. The van der Waals surface area contributed by atoms with Gasteiger partial charge in [0.2, 0.25) is 0 Å². The molecule has 1 heterocycles. The fraction of sp³-hybridized carbons (Fsp3) is 0.806. The van der Waals surface area contributed by atoms with Gasteiger partial charge in [-0.15, -0.1) is 0 Å². The normalized spacial score (nSPS) is 23.6. The second-order valence-corrected chi connectivity index (χ2v) is 22.5. The molecule has 40 heavy (non-hydrogen) atoms. The Hall–Kier alpha value is -1.27. The smallest absolute Gasteiger partial charge is 0.434 e. The van der Waals surface area contributed by atoms with Crippen molar-refractivity contribution in [2.45, 2.75) is 129 Å². The fourth-order valence-corrected chi connectivity index (χ4v) is 9.63. The summed E-state index contributed by atoms with van der Waals surface area (Å²) in [5.74, 6) is -0.721. The maximum absolute atomic E-state index is 12.5. The van der Waals surface area contributed by atoms with E-state index in [1.165, 1.54) is 6.08 Å². The summed E-state index contributed by atoms with van der Waals surface area (Å²) in [4.78, 5) is 24.9. The molecule has 9 heteroatoms. The van der Waals surface area contributed by atoms with E-state index in [1.54, 1.807) is 0 Å². The van der Waals surface area contributed by atoms with E-state index in [0.717, 1.165) is 24.4 Å². The maximum atomic E-state index is 12.5. The number of allylic oxidation sites excluding steroid dienone is 1. The summed E-state index contributed by atoms with van der Waals surface area (Å²) in [7, 11) is -4.52. The standard InChI is InChI=1S/C31H58O7Si2/c1-14-19-23(6)27-31(11,36-27)28(38-39(12,13)30(8,9)10)25(22-35-29(33)34-20-15-2)26(24(7)21-32)37-40(16-3,17-4)18-5/h14-15,19,21,23-28H,2,16-18,20,22H2,1,3-13H3/b19-14-/t23-,24-,25-,26+,27+,28-,31+/m0/s1. The molecule has 7 atom stereocenters. The lowest BCUT2D eigenvalue weighted by molar-refractivity contribution is -0.117. The van der Waals surface area contributed by atoms with Crippen molar-refractivity contribution in [2.24, 2.45) is 17.8 Å². The van der Waals surface area contributed by atoms with Crippen LogP contribution in [0.1, 0.15) is 69.2 Å². The van der Waals surface area contributed by atoms with Crippen LogP contribution in [0.4, 0.5) is 4.79 Å². The number of hydrogen-bond donors (Lipinski definition) is 0. The Morgan fingerprint density at radius 1 is 1.07 bits per heavy atom. The summed E-state index contributed by atoms with van der Waals surface area (Å²) in [6, 6.07) is 2.79. The van der Waals surface area contributed by atoms with Crippen LogP contribution in [0, 0.1) is 17.8 Å². The highest BCUT2D eigenvalue weighted by Gasteiger charge is 2.64. The fourth-order valence-electron chi connectivity index (χ4n) is 5.26. The van der Waals surface area contributed by atoms with Crippen molar-refractivity contribution in [2.75, 3.05) is 13.2 Å². The average Bonchev–Trinajstić information content (AvgIpc) is 3.60. The Bertz CT molecular complexity index is 841. The third-order valence-electron chi connectivity index (χ3n) is 9.23. The van der Waals surface area contributed by atoms with Crippen LogP contribution in [0.3, 0.4) is 0 Å². The van der Waals surface area contributed by atoms with Gasteiger partial charge in [0, 0.05) is 17.8 Å². The first-order valence-electron chi connectivity index (χ1n) is 15.0. The molecular weight excluding hydrogens is 541 g/mol. The van der Waals surface area contributed by atoms with Gasteiger partial charge in [0.15, 0.2) is 16.6 Å². The third-order valence-corrected chi connectivity index (χ3v) is 18.3. The minimum Gasteiger partial charge on any atom is -0.434 e. The zero-order valence-corrected chi connectivity index (χ0v) is 29.4. The van der Waals surface area contributed by atoms with Crippen LogP contribution in [0.25, 0.3) is 0 Å². The molecule has 1 saturated heterocycles. The van der Waals surface area contributed by atoms with Crippen molar-refractivity contribution >= 4 is 29.1 Å². The summed E-state index contributed by atoms with van der Waals surface area (Å²) in [5.41, 5.74) is -0.646. The molecule has 0 aromatic carbocycles. The molecule has 0 aromatic heterocycles. The molecular formula is C31H58O7Si2. The molecule has 0 spiro atoms. The minimum atomic E-state index is -2.35. The molecule has 0 N–H and O–H groups in total. The van der Waals surface area contributed by atoms with E-state index in [1.807, 2.05) is 19.9 Å². The zero-order valence-electron chi connectivity index (χ0n) is 27.4. The molecule has 1 rings (SSSR count). The second-order valence-electron chi connectivity index (χ2n) is 13.1. The molecule has 0 aliphatic carbocycles. The van der Waals surface area contributed by atoms with Crippen molar-refractivity contribution in [3.63, 3.8) is 0 Å². The Morgan fingerprint density at radius 2 is 1.65 bits per heavy atom. The van der Waals surface area contributed by atoms with Gasteiger partial charge in [0.25, 0.3) is 0 Å². The molecule has 0 radical (unpaired) electrons. The van der Waals surface area contributed by atoms with Gasteiger partial charge in [-0.3, -0.25) is 0 Å². The van der Waals surface area contributed by atoms with Gasteiger partial charge >= 0.3 is 6.16 Å². The van der Waals surface area contributed by atoms with E-state index in [9.17, 15) is 9.59 Å². The highest BCUT2D eigenvalue weighted by Crippen LogP contribution is 2.51. The summed E-state index contributed by atoms with van der Waals surface area (Å²) in [5, 5.41) is -0.0728. The summed E-state index contributed by atoms with van der Waals surface area (Å²) in [6.45, 7) is 29.3. The molecule has 1 aliphatic heterocycles. The lowest BCUT2D eigenvalue weighted by atomic mass is 9.80. The number of rotatable bonds is 18. The van der Waals surface area contributed by atoms with Gasteiger partial charge < -0.3 is 27.9 Å². The summed E-state index contributed by atoms with van der Waals surface area (Å²) >= 11 is 0. The number of carbonyl (C=O) groups is 2. The van der Waals surface area contributed by atoms with Gasteiger partial charge in [-0.05, 0) is 50.1 Å². The molecule has 7 nitrogen and oxygen atoms in total. The first-order valence-corrected chi connectivity index (χ1v) is 20.5. The van der Waals surface area contributed by atoms with Gasteiger partial charge in [-0.1, -0.05) is 80.2 Å². The van der Waals surface area contributed by atoms with Crippen LogP contribution in [0.2, 0.25) is 36.3 Å². The highest BCUT2D eigenvalue weighted by molar-refractivity contribution is 6.74. The highest BCUT2D eigenvalue weighted by atomic mass is 28.4. The van der Waals surface area contributed by atoms with Gasteiger partial charge in [0.1, 0.15) is 25.1 Å². The van der Waals surface area contributed by atoms with Crippen molar-refractivity contribution in [1.29, 1.82) is 0 Å². The van der Waals surface area contributed by atoms with Crippen molar-refractivity contribution in [3.8, 4) is 0 Å². The molecule has 1 aliphatic rings. The van der Waals surface area contributed by atoms with Gasteiger partial charge in [-0.2, -0.15) is 0 Å². The van der Waals surface area contributed by atoms with Crippen LogP contribution >= 0.6 is 0 Å². The number of epoxide rings is 1. The predicted molar refractivity (Wildman–Crippen MR) is 168 cm³/mol. The molecule has 0 saturated carbocycles. The Kier molecular flexibility index (Phi) is 14.0. The van der Waals surface area contributed by atoms with E-state index >= 15 is 0 Å². The first kappa shape index (κ1) is 36.8. The van der Waals surface area contributed by atoms with Crippen molar-refractivity contribution in [3.05, 3.63) is 24.8 Å². The molecule has 0 bridgehead atoms. The van der Waals surface area contributed by atoms with E-state index in [-0.39, 0.29) is 30.3 Å². The topological polar surface area (TPSA) is 83.6 Å². The number of aldehydes is 1. The largest absolute Gasteiger partial charge is 0.508 e. The van der Waals surface area contributed by atoms with Crippen molar-refractivity contribution < 1.29 is 32.7 Å². The number of hydrogen-bond acceptors (Lipinski definition) is 7. The molecule has 232 valence electrons.